The Kier molecular flexibility index (Phi) is 5.41. The molecule has 0 bridgehead atoms. The Labute approximate surface area is 101 Å². The van der Waals surface area contributed by atoms with Crippen molar-refractivity contribution in [1.29, 1.82) is 0 Å². The van der Waals surface area contributed by atoms with E-state index < -0.39 is 16.6 Å². The normalized spacial score (nSPS) is 15.0. The quantitative estimate of drug-likeness (QED) is 0.432. The van der Waals surface area contributed by atoms with Crippen LogP contribution in [0.5, 0.6) is 0 Å². The van der Waals surface area contributed by atoms with E-state index >= 15 is 0 Å². The smallest absolute Gasteiger partial charge is 0.278 e. The van der Waals surface area contributed by atoms with Crippen molar-refractivity contribution in [2.45, 2.75) is 53.1 Å². The Hall–Kier alpha value is -0.626. The Bertz CT molecular complexity index is 258. The predicted molar refractivity (Wildman–Crippen MR) is 75.1 cm³/mol. The fourth-order valence-corrected chi connectivity index (χ4v) is 1.36. The lowest BCUT2D eigenvalue weighted by atomic mass is 10.3. The molecule has 94 valence electrons. The lowest BCUT2D eigenvalue weighted by Gasteiger charge is -2.15. The molecule has 0 aromatic rings. The SMILES string of the molecule is CC(=N/O[Si](C)(C)C)/C(C)=N\O[Si](C)(C)C. The average molecular weight is 260 g/mol. The van der Waals surface area contributed by atoms with Gasteiger partial charge in [-0.1, -0.05) is 0 Å². The maximum Gasteiger partial charge on any atom is 0.278 e. The number of nitrogens with zero attached hydrogens (tertiary/aromatic N) is 2. The molecule has 0 rings (SSSR count). The molecular weight excluding hydrogens is 236 g/mol. The van der Waals surface area contributed by atoms with Crippen molar-refractivity contribution >= 4 is 28.1 Å². The van der Waals surface area contributed by atoms with Crippen molar-refractivity contribution in [2.24, 2.45) is 10.3 Å². The molecule has 0 radical (unpaired) electrons. The highest BCUT2D eigenvalue weighted by Crippen LogP contribution is 2.05. The first-order valence-corrected chi connectivity index (χ1v) is 12.3. The maximum atomic E-state index is 5.45. The van der Waals surface area contributed by atoms with E-state index in [2.05, 4.69) is 49.6 Å². The zero-order valence-corrected chi connectivity index (χ0v) is 13.7. The minimum absolute atomic E-state index is 0.778. The summed E-state index contributed by atoms with van der Waals surface area (Å²) >= 11 is 0. The molecule has 0 aliphatic heterocycles. The van der Waals surface area contributed by atoms with Gasteiger partial charge in [0.15, 0.2) is 0 Å². The minimum atomic E-state index is -1.60. The van der Waals surface area contributed by atoms with Gasteiger partial charge in [-0.3, -0.25) is 0 Å². The first-order valence-electron chi connectivity index (χ1n) is 5.47. The molecule has 0 aromatic heterocycles. The number of hydrogen-bond acceptors (Lipinski definition) is 4. The summed E-state index contributed by atoms with van der Waals surface area (Å²) < 4.78 is 10.9. The lowest BCUT2D eigenvalue weighted by molar-refractivity contribution is 0.330. The Morgan fingerprint density at radius 1 is 0.688 bits per heavy atom. The van der Waals surface area contributed by atoms with Crippen molar-refractivity contribution in [2.75, 3.05) is 0 Å². The third kappa shape index (κ3) is 8.66. The summed E-state index contributed by atoms with van der Waals surface area (Å²) in [5.41, 5.74) is 1.56. The molecular formula is C10H24N2O2Si2. The van der Waals surface area contributed by atoms with Crippen molar-refractivity contribution in [1.82, 2.24) is 0 Å². The molecule has 0 atom stereocenters. The summed E-state index contributed by atoms with van der Waals surface area (Å²) in [4.78, 5) is 0. The first-order chi connectivity index (χ1) is 7.01. The molecule has 0 spiro atoms. The van der Waals surface area contributed by atoms with Crippen LogP contribution in [0, 0.1) is 0 Å². The monoisotopic (exact) mass is 260 g/mol. The van der Waals surface area contributed by atoms with Crippen molar-refractivity contribution in [3.63, 3.8) is 0 Å². The van der Waals surface area contributed by atoms with Gasteiger partial charge >= 0.3 is 0 Å². The largest absolute Gasteiger partial charge is 0.455 e. The highest BCUT2D eigenvalue weighted by atomic mass is 28.4. The summed E-state index contributed by atoms with van der Waals surface area (Å²) in [6, 6.07) is 0. The Balaban J connectivity index is 4.44. The predicted octanol–water partition coefficient (Wildman–Crippen LogP) is 3.44. The molecule has 0 saturated heterocycles. The van der Waals surface area contributed by atoms with E-state index in [1.165, 1.54) is 0 Å². The second-order valence-corrected chi connectivity index (χ2v) is 14.6. The minimum Gasteiger partial charge on any atom is -0.455 e. The zero-order valence-electron chi connectivity index (χ0n) is 11.7. The number of rotatable bonds is 5. The van der Waals surface area contributed by atoms with Crippen LogP contribution in [0.15, 0.2) is 10.3 Å². The van der Waals surface area contributed by atoms with Crippen LogP contribution in [-0.4, -0.2) is 28.1 Å². The van der Waals surface area contributed by atoms with Crippen LogP contribution in [0.3, 0.4) is 0 Å². The number of oxime groups is 2. The van der Waals surface area contributed by atoms with Crippen molar-refractivity contribution < 1.29 is 9.05 Å². The molecule has 0 unspecified atom stereocenters. The van der Waals surface area contributed by atoms with Gasteiger partial charge in [-0.2, -0.15) is 0 Å². The second-order valence-electron chi connectivity index (χ2n) is 5.76. The van der Waals surface area contributed by atoms with Crippen LogP contribution in [0.25, 0.3) is 0 Å². The molecule has 0 aliphatic rings. The maximum absolute atomic E-state index is 5.45. The molecule has 0 amide bonds. The molecule has 0 heterocycles. The summed E-state index contributed by atoms with van der Waals surface area (Å²) in [7, 11) is -3.20. The Morgan fingerprint density at radius 3 is 1.12 bits per heavy atom. The van der Waals surface area contributed by atoms with Crippen LogP contribution in [0.2, 0.25) is 39.3 Å². The standard InChI is InChI=1S/C10H24N2O2Si2/c1-9(11-13-15(3,4)5)10(2)12-14-16(6,7)8/h1-8H3/b11-9-,12-10-. The average Bonchev–Trinajstić information content (AvgIpc) is 2.07. The molecule has 0 N–H and O–H groups in total. The molecule has 0 aliphatic carbocycles. The first kappa shape index (κ1) is 15.4. The van der Waals surface area contributed by atoms with E-state index in [1.54, 1.807) is 0 Å². The third-order valence-corrected chi connectivity index (χ3v) is 2.71. The molecule has 6 heteroatoms. The van der Waals surface area contributed by atoms with Gasteiger partial charge in [-0.05, 0) is 53.1 Å². The fraction of sp³-hybridized carbons (Fsp3) is 0.800. The van der Waals surface area contributed by atoms with E-state index in [0.29, 0.717) is 0 Å². The van der Waals surface area contributed by atoms with Crippen LogP contribution >= 0.6 is 0 Å². The summed E-state index contributed by atoms with van der Waals surface area (Å²) in [5.74, 6) is 0. The lowest BCUT2D eigenvalue weighted by Crippen LogP contribution is -2.25. The van der Waals surface area contributed by atoms with Crippen LogP contribution < -0.4 is 0 Å². The fourth-order valence-electron chi connectivity index (χ4n) is 0.543. The Morgan fingerprint density at radius 2 is 0.938 bits per heavy atom. The molecule has 0 aromatic carbocycles. The van der Waals surface area contributed by atoms with Gasteiger partial charge in [-0.15, -0.1) is 10.3 Å². The van der Waals surface area contributed by atoms with Gasteiger partial charge in [0, 0.05) is 0 Å². The molecule has 16 heavy (non-hydrogen) atoms. The highest BCUT2D eigenvalue weighted by molar-refractivity contribution is 6.70. The van der Waals surface area contributed by atoms with Gasteiger partial charge in [0.25, 0.3) is 16.6 Å². The van der Waals surface area contributed by atoms with Gasteiger partial charge < -0.3 is 9.05 Å². The van der Waals surface area contributed by atoms with Crippen molar-refractivity contribution in [3.8, 4) is 0 Å². The van der Waals surface area contributed by atoms with E-state index in [9.17, 15) is 0 Å². The van der Waals surface area contributed by atoms with E-state index in [-0.39, 0.29) is 0 Å². The van der Waals surface area contributed by atoms with E-state index in [0.717, 1.165) is 11.4 Å². The van der Waals surface area contributed by atoms with E-state index in [1.807, 2.05) is 13.8 Å². The topological polar surface area (TPSA) is 43.2 Å². The highest BCUT2D eigenvalue weighted by Gasteiger charge is 2.17. The summed E-state index contributed by atoms with van der Waals surface area (Å²) in [5, 5.41) is 8.16. The summed E-state index contributed by atoms with van der Waals surface area (Å²) in [6.07, 6.45) is 0. The van der Waals surface area contributed by atoms with Crippen molar-refractivity contribution in [3.05, 3.63) is 0 Å². The van der Waals surface area contributed by atoms with Gasteiger partial charge in [0.2, 0.25) is 0 Å². The zero-order chi connectivity index (χ0) is 13.0. The number of hydrogen-bond donors (Lipinski definition) is 0. The second kappa shape index (κ2) is 5.63. The van der Waals surface area contributed by atoms with Gasteiger partial charge in [-0.25, -0.2) is 0 Å². The van der Waals surface area contributed by atoms with Gasteiger partial charge in [0.1, 0.15) is 0 Å². The summed E-state index contributed by atoms with van der Waals surface area (Å²) in [6.45, 7) is 16.3. The van der Waals surface area contributed by atoms with Gasteiger partial charge in [0.05, 0.1) is 11.4 Å². The van der Waals surface area contributed by atoms with Crippen LogP contribution in [0.4, 0.5) is 0 Å². The molecule has 4 nitrogen and oxygen atoms in total. The molecule has 0 saturated carbocycles. The molecule has 0 fully saturated rings. The van der Waals surface area contributed by atoms with E-state index in [4.69, 9.17) is 9.05 Å². The van der Waals surface area contributed by atoms with Crippen LogP contribution in [0.1, 0.15) is 13.8 Å². The van der Waals surface area contributed by atoms with Crippen LogP contribution in [-0.2, 0) is 9.05 Å². The third-order valence-electron chi connectivity index (χ3n) is 1.44.